The Labute approximate surface area is 243 Å². The summed E-state index contributed by atoms with van der Waals surface area (Å²) in [5, 5.41) is 18.7. The number of carbonyl (C=O) groups is 2. The van der Waals surface area contributed by atoms with E-state index in [9.17, 15) is 14.7 Å². The fraction of sp³-hybridized carbons (Fsp3) is 0.355. The average Bonchev–Trinajstić information content (AvgIpc) is 3.40. The zero-order valence-corrected chi connectivity index (χ0v) is 23.8. The summed E-state index contributed by atoms with van der Waals surface area (Å²) in [5.41, 5.74) is 4.06. The molecular formula is C31H33ClO7S. The number of ether oxygens (including phenoxy) is 3. The SMILES string of the molecule is O=C(O)CCCOc1cccc(CCCCCSc2cc(Cl)cc(-c3ccc4c(c3)OCO4)c2)c1CCC(=O)O. The van der Waals surface area contributed by atoms with Gasteiger partial charge < -0.3 is 24.4 Å². The summed E-state index contributed by atoms with van der Waals surface area (Å²) in [5.74, 6) is 1.39. The first-order chi connectivity index (χ1) is 19.4. The van der Waals surface area contributed by atoms with Crippen LogP contribution in [0.2, 0.25) is 5.02 Å². The molecule has 0 bridgehead atoms. The summed E-state index contributed by atoms with van der Waals surface area (Å²) in [6.07, 6.45) is 4.72. The minimum Gasteiger partial charge on any atom is -0.493 e. The van der Waals surface area contributed by atoms with E-state index >= 15 is 0 Å². The molecule has 1 aliphatic heterocycles. The highest BCUT2D eigenvalue weighted by Gasteiger charge is 2.15. The molecular weight excluding hydrogens is 552 g/mol. The van der Waals surface area contributed by atoms with Gasteiger partial charge in [0, 0.05) is 22.8 Å². The number of fused-ring (bicyclic) bond motifs is 1. The summed E-state index contributed by atoms with van der Waals surface area (Å²) < 4.78 is 16.8. The zero-order chi connectivity index (χ0) is 28.3. The van der Waals surface area contributed by atoms with E-state index in [1.54, 1.807) is 11.8 Å². The number of hydrogen-bond acceptors (Lipinski definition) is 6. The monoisotopic (exact) mass is 584 g/mol. The van der Waals surface area contributed by atoms with Crippen LogP contribution in [0.4, 0.5) is 0 Å². The molecule has 4 rings (SSSR count). The fourth-order valence-electron chi connectivity index (χ4n) is 4.57. The van der Waals surface area contributed by atoms with E-state index in [0.717, 1.165) is 70.1 Å². The van der Waals surface area contributed by atoms with Crippen LogP contribution in [0.25, 0.3) is 11.1 Å². The van der Waals surface area contributed by atoms with Gasteiger partial charge in [-0.05, 0) is 96.5 Å². The lowest BCUT2D eigenvalue weighted by Crippen LogP contribution is -2.07. The van der Waals surface area contributed by atoms with E-state index in [1.165, 1.54) is 0 Å². The van der Waals surface area contributed by atoms with Crippen LogP contribution < -0.4 is 14.2 Å². The lowest BCUT2D eigenvalue weighted by Gasteiger charge is -2.15. The number of thioether (sulfide) groups is 1. The van der Waals surface area contributed by atoms with Gasteiger partial charge in [-0.25, -0.2) is 0 Å². The first-order valence-corrected chi connectivity index (χ1v) is 14.8. The normalized spacial score (nSPS) is 11.9. The highest BCUT2D eigenvalue weighted by Crippen LogP contribution is 2.38. The zero-order valence-electron chi connectivity index (χ0n) is 22.2. The number of aliphatic carboxylic acids is 2. The number of benzene rings is 3. The maximum absolute atomic E-state index is 11.2. The molecule has 0 radical (unpaired) electrons. The molecule has 0 fully saturated rings. The summed E-state index contributed by atoms with van der Waals surface area (Å²) in [7, 11) is 0. The highest BCUT2D eigenvalue weighted by molar-refractivity contribution is 7.99. The number of halogens is 1. The first-order valence-electron chi connectivity index (χ1n) is 13.4. The van der Waals surface area contributed by atoms with Crippen molar-refractivity contribution in [3.05, 3.63) is 70.7 Å². The molecule has 212 valence electrons. The van der Waals surface area contributed by atoms with Gasteiger partial charge in [-0.2, -0.15) is 0 Å². The van der Waals surface area contributed by atoms with Gasteiger partial charge in [0.15, 0.2) is 11.5 Å². The Morgan fingerprint density at radius 2 is 1.68 bits per heavy atom. The largest absolute Gasteiger partial charge is 0.493 e. The molecule has 0 amide bonds. The van der Waals surface area contributed by atoms with Gasteiger partial charge in [-0.1, -0.05) is 36.2 Å². The molecule has 1 aliphatic rings. The number of rotatable bonds is 16. The molecule has 0 aromatic heterocycles. The van der Waals surface area contributed by atoms with E-state index in [1.807, 2.05) is 48.5 Å². The molecule has 2 N–H and O–H groups in total. The molecule has 0 saturated carbocycles. The summed E-state index contributed by atoms with van der Waals surface area (Å²) in [4.78, 5) is 23.1. The van der Waals surface area contributed by atoms with Crippen LogP contribution in [0, 0.1) is 0 Å². The van der Waals surface area contributed by atoms with E-state index in [0.29, 0.717) is 23.6 Å². The number of carboxylic acids is 2. The van der Waals surface area contributed by atoms with Crippen molar-refractivity contribution in [1.82, 2.24) is 0 Å². The third-order valence-electron chi connectivity index (χ3n) is 6.55. The minimum absolute atomic E-state index is 0.0209. The van der Waals surface area contributed by atoms with Crippen LogP contribution in [0.1, 0.15) is 49.7 Å². The standard InChI is InChI=1S/C31H33ClO7S/c32-24-16-23(22-10-12-28-29(18-22)39-20-38-28)17-25(19-24)40-15-3-1-2-6-21-7-4-8-27(26(21)11-13-31(35)36)37-14-5-9-30(33)34/h4,7-8,10,12,16-19H,1-3,5-6,9,11,13-15,20H2,(H,33,34)(H,35,36). The van der Waals surface area contributed by atoms with Crippen molar-refractivity contribution in [3.8, 4) is 28.4 Å². The molecule has 0 aliphatic carbocycles. The van der Waals surface area contributed by atoms with Gasteiger partial charge in [-0.15, -0.1) is 11.8 Å². The maximum Gasteiger partial charge on any atom is 0.303 e. The van der Waals surface area contributed by atoms with E-state index < -0.39 is 11.9 Å². The molecule has 40 heavy (non-hydrogen) atoms. The van der Waals surface area contributed by atoms with Crippen LogP contribution in [0.15, 0.2) is 59.5 Å². The van der Waals surface area contributed by atoms with Crippen LogP contribution in [-0.4, -0.2) is 41.3 Å². The minimum atomic E-state index is -0.859. The van der Waals surface area contributed by atoms with Gasteiger partial charge in [0.25, 0.3) is 0 Å². The molecule has 7 nitrogen and oxygen atoms in total. The van der Waals surface area contributed by atoms with Crippen molar-refractivity contribution < 1.29 is 34.0 Å². The highest BCUT2D eigenvalue weighted by atomic mass is 35.5. The number of unbranched alkanes of at least 4 members (excludes halogenated alkanes) is 2. The first kappa shape index (κ1) is 29.6. The van der Waals surface area contributed by atoms with Crippen molar-refractivity contribution in [1.29, 1.82) is 0 Å². The average molecular weight is 585 g/mol. The Morgan fingerprint density at radius 1 is 0.850 bits per heavy atom. The predicted octanol–water partition coefficient (Wildman–Crippen LogP) is 7.50. The number of aryl methyl sites for hydroxylation is 1. The van der Waals surface area contributed by atoms with Crippen LogP contribution in [-0.2, 0) is 22.4 Å². The summed E-state index contributed by atoms with van der Waals surface area (Å²) in [6.45, 7) is 0.528. The third kappa shape index (κ3) is 8.83. The fourth-order valence-corrected chi connectivity index (χ4v) is 5.88. The van der Waals surface area contributed by atoms with Crippen LogP contribution >= 0.6 is 23.4 Å². The van der Waals surface area contributed by atoms with Crippen molar-refractivity contribution in [2.75, 3.05) is 19.2 Å². The van der Waals surface area contributed by atoms with Crippen molar-refractivity contribution in [3.63, 3.8) is 0 Å². The molecule has 9 heteroatoms. The van der Waals surface area contributed by atoms with Gasteiger partial charge >= 0.3 is 11.9 Å². The lowest BCUT2D eigenvalue weighted by atomic mass is 9.97. The van der Waals surface area contributed by atoms with Crippen LogP contribution in [0.5, 0.6) is 17.2 Å². The molecule has 3 aromatic carbocycles. The molecule has 0 spiro atoms. The summed E-state index contributed by atoms with van der Waals surface area (Å²) >= 11 is 8.21. The van der Waals surface area contributed by atoms with E-state index in [4.69, 9.17) is 30.9 Å². The summed E-state index contributed by atoms with van der Waals surface area (Å²) in [6, 6.07) is 17.8. The third-order valence-corrected chi connectivity index (χ3v) is 7.83. The van der Waals surface area contributed by atoms with Gasteiger partial charge in [0.2, 0.25) is 6.79 Å². The molecule has 3 aromatic rings. The number of carboxylic acid groups (broad SMARTS) is 2. The molecule has 0 saturated heterocycles. The molecule has 0 unspecified atom stereocenters. The van der Waals surface area contributed by atoms with Crippen molar-refractivity contribution in [2.45, 2.75) is 56.3 Å². The van der Waals surface area contributed by atoms with Gasteiger partial charge in [0.05, 0.1) is 6.61 Å². The molecule has 0 atom stereocenters. The van der Waals surface area contributed by atoms with Crippen molar-refractivity contribution in [2.24, 2.45) is 0 Å². The van der Waals surface area contributed by atoms with Gasteiger partial charge in [-0.3, -0.25) is 9.59 Å². The lowest BCUT2D eigenvalue weighted by molar-refractivity contribution is -0.138. The van der Waals surface area contributed by atoms with E-state index in [2.05, 4.69) is 6.07 Å². The number of hydrogen-bond donors (Lipinski definition) is 2. The van der Waals surface area contributed by atoms with Gasteiger partial charge in [0.1, 0.15) is 5.75 Å². The molecule has 1 heterocycles. The second-order valence-corrected chi connectivity index (χ2v) is 11.1. The maximum atomic E-state index is 11.2. The van der Waals surface area contributed by atoms with Crippen molar-refractivity contribution >= 4 is 35.3 Å². The second-order valence-electron chi connectivity index (χ2n) is 9.54. The van der Waals surface area contributed by atoms with E-state index in [-0.39, 0.29) is 26.2 Å². The quantitative estimate of drug-likeness (QED) is 0.132. The topological polar surface area (TPSA) is 102 Å². The Kier molecular flexibility index (Phi) is 11.0. The Balaban J connectivity index is 1.28. The Hall–Kier alpha value is -3.36. The predicted molar refractivity (Wildman–Crippen MR) is 156 cm³/mol. The smallest absolute Gasteiger partial charge is 0.303 e. The van der Waals surface area contributed by atoms with Crippen LogP contribution in [0.3, 0.4) is 0 Å². The second kappa shape index (κ2) is 14.9. The Morgan fingerprint density at radius 3 is 2.50 bits per heavy atom. The Bertz CT molecular complexity index is 1330.